The van der Waals surface area contributed by atoms with E-state index in [1.807, 2.05) is 30.3 Å². The third-order valence-corrected chi connectivity index (χ3v) is 7.40. The van der Waals surface area contributed by atoms with E-state index in [-0.39, 0.29) is 19.6 Å². The lowest BCUT2D eigenvalue weighted by Crippen LogP contribution is -2.59. The third kappa shape index (κ3) is 15.1. The summed E-state index contributed by atoms with van der Waals surface area (Å²) in [4.78, 5) is 87.9. The normalized spacial score (nSPS) is 12.2. The molecule has 0 spiro atoms. The van der Waals surface area contributed by atoms with E-state index < -0.39 is 85.8 Å². The van der Waals surface area contributed by atoms with Crippen LogP contribution in [0.3, 0.4) is 0 Å². The highest BCUT2D eigenvalue weighted by Gasteiger charge is 2.30. The van der Waals surface area contributed by atoms with Crippen molar-refractivity contribution in [3.05, 3.63) is 108 Å². The Morgan fingerprint density at radius 1 is 0.596 bits per heavy atom. The molecule has 9 N–H and O–H groups in total. The Labute approximate surface area is 300 Å². The number of aliphatic hydroxyl groups excluding tert-OH is 1. The van der Waals surface area contributed by atoms with Crippen molar-refractivity contribution >= 4 is 41.5 Å². The van der Waals surface area contributed by atoms with Crippen LogP contribution in [0.25, 0.3) is 0 Å². The number of benzene rings is 3. The fraction of sp³-hybridized carbons (Fsp3) is 0.306. The number of ether oxygens (including phenoxy) is 1. The van der Waals surface area contributed by atoms with Crippen LogP contribution < -0.4 is 37.6 Å². The maximum atomic E-state index is 13.4. The van der Waals surface area contributed by atoms with Gasteiger partial charge in [0, 0.05) is 13.0 Å². The van der Waals surface area contributed by atoms with Gasteiger partial charge < -0.3 is 47.5 Å². The number of aliphatic hydroxyl groups is 1. The Morgan fingerprint density at radius 3 is 1.73 bits per heavy atom. The second-order valence-electron chi connectivity index (χ2n) is 11.5. The standard InChI is InChI=1S/C36H43N7O9/c37-30(45)19-28(34(49)42-27(18-25-12-6-2-7-13-25)33(48)38-17-16-24-10-4-1-5-11-24)43-35(50)29(22-44)41-32(47)21-39-31(46)20-40-36(51)52-23-26-14-8-3-9-15-26/h1-15,27-29,44H,16-23H2,(H2,37,45)(H,38,48)(H,39,46)(H,40,51)(H,41,47)(H,42,49)(H,43,50). The Hall–Kier alpha value is -6.29. The van der Waals surface area contributed by atoms with Gasteiger partial charge in [-0.1, -0.05) is 91.0 Å². The smallest absolute Gasteiger partial charge is 0.407 e. The minimum Gasteiger partial charge on any atom is -0.445 e. The number of hydrogen-bond acceptors (Lipinski definition) is 9. The first-order valence-corrected chi connectivity index (χ1v) is 16.4. The van der Waals surface area contributed by atoms with E-state index in [0.29, 0.717) is 6.42 Å². The highest BCUT2D eigenvalue weighted by Crippen LogP contribution is 2.06. The molecule has 16 heteroatoms. The van der Waals surface area contributed by atoms with Crippen LogP contribution in [0.4, 0.5) is 4.79 Å². The molecule has 0 radical (unpaired) electrons. The molecule has 0 aliphatic rings. The van der Waals surface area contributed by atoms with Crippen LogP contribution in [0, 0.1) is 0 Å². The summed E-state index contributed by atoms with van der Waals surface area (Å²) >= 11 is 0. The maximum absolute atomic E-state index is 13.4. The summed E-state index contributed by atoms with van der Waals surface area (Å²) in [7, 11) is 0. The van der Waals surface area contributed by atoms with Crippen molar-refractivity contribution < 1.29 is 43.4 Å². The molecule has 0 aliphatic carbocycles. The van der Waals surface area contributed by atoms with E-state index in [1.54, 1.807) is 60.7 Å². The molecule has 0 aromatic heterocycles. The minimum atomic E-state index is -1.60. The fourth-order valence-corrected chi connectivity index (χ4v) is 4.72. The molecular formula is C36H43N7O9. The van der Waals surface area contributed by atoms with Crippen molar-refractivity contribution in [2.24, 2.45) is 5.73 Å². The highest BCUT2D eigenvalue weighted by atomic mass is 16.5. The van der Waals surface area contributed by atoms with Gasteiger partial charge in [-0.05, 0) is 23.1 Å². The van der Waals surface area contributed by atoms with Crippen LogP contribution in [-0.2, 0) is 53.0 Å². The largest absolute Gasteiger partial charge is 0.445 e. The van der Waals surface area contributed by atoms with Crippen LogP contribution in [0.15, 0.2) is 91.0 Å². The first kappa shape index (κ1) is 40.1. The molecule has 3 rings (SSSR count). The number of nitrogens with two attached hydrogens (primary N) is 1. The van der Waals surface area contributed by atoms with Crippen molar-refractivity contribution in [3.8, 4) is 0 Å². The van der Waals surface area contributed by atoms with Gasteiger partial charge in [-0.15, -0.1) is 0 Å². The topological polar surface area (TPSA) is 247 Å². The Kier molecular flexibility index (Phi) is 16.8. The van der Waals surface area contributed by atoms with Crippen molar-refractivity contribution in [3.63, 3.8) is 0 Å². The molecule has 52 heavy (non-hydrogen) atoms. The van der Waals surface area contributed by atoms with E-state index >= 15 is 0 Å². The zero-order chi connectivity index (χ0) is 37.7. The number of primary amides is 1. The molecule has 16 nitrogen and oxygen atoms in total. The third-order valence-electron chi connectivity index (χ3n) is 7.40. The van der Waals surface area contributed by atoms with Gasteiger partial charge in [0.05, 0.1) is 19.6 Å². The van der Waals surface area contributed by atoms with Gasteiger partial charge in [0.25, 0.3) is 0 Å². The van der Waals surface area contributed by atoms with Gasteiger partial charge in [-0.25, -0.2) is 4.79 Å². The molecule has 0 saturated heterocycles. The van der Waals surface area contributed by atoms with Crippen LogP contribution in [0.5, 0.6) is 0 Å². The lowest BCUT2D eigenvalue weighted by atomic mass is 10.0. The first-order valence-electron chi connectivity index (χ1n) is 16.4. The molecule has 0 saturated carbocycles. The van der Waals surface area contributed by atoms with Crippen molar-refractivity contribution in [1.82, 2.24) is 31.9 Å². The fourth-order valence-electron chi connectivity index (χ4n) is 4.72. The summed E-state index contributed by atoms with van der Waals surface area (Å²) in [5.41, 5.74) is 7.82. The number of amides is 7. The maximum Gasteiger partial charge on any atom is 0.407 e. The van der Waals surface area contributed by atoms with Gasteiger partial charge in [-0.3, -0.25) is 28.8 Å². The number of hydrogen-bond donors (Lipinski definition) is 8. The molecule has 0 bridgehead atoms. The lowest BCUT2D eigenvalue weighted by Gasteiger charge is -2.24. The summed E-state index contributed by atoms with van der Waals surface area (Å²) in [6, 6.07) is 22.9. The zero-order valence-electron chi connectivity index (χ0n) is 28.3. The summed E-state index contributed by atoms with van der Waals surface area (Å²) < 4.78 is 5.00. The van der Waals surface area contributed by atoms with E-state index in [0.717, 1.165) is 16.7 Å². The molecule has 0 aliphatic heterocycles. The summed E-state index contributed by atoms with van der Waals surface area (Å²) in [5.74, 6) is -5.03. The Bertz CT molecular complexity index is 1640. The van der Waals surface area contributed by atoms with Gasteiger partial charge in [0.15, 0.2) is 0 Å². The molecule has 3 atom stereocenters. The van der Waals surface area contributed by atoms with Crippen LogP contribution in [0.2, 0.25) is 0 Å². The summed E-state index contributed by atoms with van der Waals surface area (Å²) in [6.07, 6.45) is -0.886. The van der Waals surface area contributed by atoms with E-state index in [2.05, 4.69) is 31.9 Å². The zero-order valence-corrected chi connectivity index (χ0v) is 28.3. The Morgan fingerprint density at radius 2 is 1.13 bits per heavy atom. The molecule has 3 unspecified atom stereocenters. The molecular weight excluding hydrogens is 674 g/mol. The molecule has 276 valence electrons. The predicted molar refractivity (Wildman–Crippen MR) is 188 cm³/mol. The van der Waals surface area contributed by atoms with Crippen molar-refractivity contribution in [2.45, 2.75) is 44.0 Å². The first-order chi connectivity index (χ1) is 25.0. The summed E-state index contributed by atoms with van der Waals surface area (Å²) in [6.45, 7) is -1.78. The van der Waals surface area contributed by atoms with Crippen LogP contribution >= 0.6 is 0 Å². The highest BCUT2D eigenvalue weighted by molar-refractivity contribution is 5.97. The molecule has 3 aromatic rings. The average Bonchev–Trinajstić information content (AvgIpc) is 3.14. The second kappa shape index (κ2) is 21.7. The van der Waals surface area contributed by atoms with Gasteiger partial charge in [0.1, 0.15) is 31.3 Å². The number of carbonyl (C=O) groups is 7. The van der Waals surface area contributed by atoms with Crippen molar-refractivity contribution in [1.29, 1.82) is 0 Å². The van der Waals surface area contributed by atoms with Crippen molar-refractivity contribution in [2.75, 3.05) is 26.2 Å². The van der Waals surface area contributed by atoms with E-state index in [1.165, 1.54) is 0 Å². The monoisotopic (exact) mass is 717 g/mol. The number of alkyl carbamates (subject to hydrolysis) is 1. The van der Waals surface area contributed by atoms with Crippen LogP contribution in [-0.4, -0.2) is 91.0 Å². The number of rotatable bonds is 20. The van der Waals surface area contributed by atoms with Gasteiger partial charge in [0.2, 0.25) is 35.4 Å². The van der Waals surface area contributed by atoms with Gasteiger partial charge >= 0.3 is 6.09 Å². The number of nitrogens with one attached hydrogen (secondary N) is 6. The molecule has 0 heterocycles. The van der Waals surface area contributed by atoms with Crippen LogP contribution in [0.1, 0.15) is 23.1 Å². The SMILES string of the molecule is NC(=O)CC(NC(=O)C(CO)NC(=O)CNC(=O)CNC(=O)OCc1ccccc1)C(=O)NC(Cc1ccccc1)C(=O)NCCc1ccccc1. The molecule has 7 amide bonds. The van der Waals surface area contributed by atoms with Gasteiger partial charge in [-0.2, -0.15) is 0 Å². The quantitative estimate of drug-likeness (QED) is 0.0710. The lowest BCUT2D eigenvalue weighted by molar-refractivity contribution is -0.135. The predicted octanol–water partition coefficient (Wildman–Crippen LogP) is -1.05. The number of carbonyl (C=O) groups excluding carboxylic acids is 7. The Balaban J connectivity index is 1.53. The second-order valence-corrected chi connectivity index (χ2v) is 11.5. The average molecular weight is 718 g/mol. The molecule has 0 fully saturated rings. The minimum absolute atomic E-state index is 0.0118. The van der Waals surface area contributed by atoms with E-state index in [4.69, 9.17) is 10.5 Å². The van der Waals surface area contributed by atoms with E-state index in [9.17, 15) is 38.7 Å². The summed E-state index contributed by atoms with van der Waals surface area (Å²) in [5, 5.41) is 24.2. The molecule has 3 aromatic carbocycles.